The Balaban J connectivity index is 2.54. The second kappa shape index (κ2) is 3.31. The lowest BCUT2D eigenvalue weighted by Gasteiger charge is -2.10. The van der Waals surface area contributed by atoms with Crippen LogP contribution in [0, 0.1) is 0 Å². The lowest BCUT2D eigenvalue weighted by Crippen LogP contribution is -1.93. The molecular weight excluding hydrogens is 158 g/mol. The normalized spacial score (nSPS) is 19.2. The Hall–Kier alpha value is -1.76. The van der Waals surface area contributed by atoms with Crippen molar-refractivity contribution >= 4 is 11.3 Å². The molecule has 0 unspecified atom stereocenters. The second-order valence-corrected chi connectivity index (χ2v) is 2.93. The molecule has 13 heavy (non-hydrogen) atoms. The van der Waals surface area contributed by atoms with Crippen molar-refractivity contribution in [2.24, 2.45) is 0 Å². The minimum Gasteiger partial charge on any atom is -0.361 e. The highest BCUT2D eigenvalue weighted by molar-refractivity contribution is 5.81. The van der Waals surface area contributed by atoms with Gasteiger partial charge in [-0.3, -0.25) is 0 Å². The molecular formula is C12H11N. The number of hydrogen-bond donors (Lipinski definition) is 1. The predicted molar refractivity (Wildman–Crippen MR) is 57.4 cm³/mol. The zero-order chi connectivity index (χ0) is 9.10. The zero-order valence-electron chi connectivity index (χ0n) is 7.33. The molecule has 0 radical (unpaired) electrons. The maximum absolute atomic E-state index is 4.00. The first-order valence-electron chi connectivity index (χ1n) is 4.26. The number of rotatable bonds is 0. The molecule has 0 spiro atoms. The summed E-state index contributed by atoms with van der Waals surface area (Å²) in [5.74, 6) is 0. The fourth-order valence-corrected chi connectivity index (χ4v) is 1.34. The van der Waals surface area contributed by atoms with Gasteiger partial charge in [-0.05, 0) is 17.7 Å². The third kappa shape index (κ3) is 1.54. The highest BCUT2D eigenvalue weighted by atomic mass is 14.8. The molecule has 0 atom stereocenters. The van der Waals surface area contributed by atoms with Gasteiger partial charge in [-0.25, -0.2) is 0 Å². The van der Waals surface area contributed by atoms with Gasteiger partial charge in [0.05, 0.1) is 0 Å². The average Bonchev–Trinajstić information content (AvgIpc) is 2.14. The molecule has 1 aromatic rings. The van der Waals surface area contributed by atoms with Crippen molar-refractivity contribution in [3.8, 4) is 0 Å². The van der Waals surface area contributed by atoms with E-state index in [2.05, 4.69) is 18.0 Å². The van der Waals surface area contributed by atoms with Crippen molar-refractivity contribution in [2.45, 2.75) is 0 Å². The smallest absolute Gasteiger partial charge is 0.0459 e. The van der Waals surface area contributed by atoms with Gasteiger partial charge in [0.15, 0.2) is 0 Å². The van der Waals surface area contributed by atoms with Crippen molar-refractivity contribution in [1.29, 1.82) is 0 Å². The zero-order valence-corrected chi connectivity index (χ0v) is 7.33. The first-order valence-corrected chi connectivity index (χ1v) is 4.26. The van der Waals surface area contributed by atoms with Crippen LogP contribution in [0.3, 0.4) is 0 Å². The van der Waals surface area contributed by atoms with Gasteiger partial charge in [0.1, 0.15) is 0 Å². The lowest BCUT2D eigenvalue weighted by molar-refractivity contribution is 1.52. The molecule has 0 saturated heterocycles. The van der Waals surface area contributed by atoms with Crippen LogP contribution in [0.5, 0.6) is 0 Å². The summed E-state index contributed by atoms with van der Waals surface area (Å²) >= 11 is 0. The number of anilines is 1. The molecule has 2 rings (SSSR count). The van der Waals surface area contributed by atoms with Gasteiger partial charge in [0.2, 0.25) is 0 Å². The molecule has 1 N–H and O–H groups in total. The molecule has 0 aliphatic carbocycles. The van der Waals surface area contributed by atoms with E-state index in [4.69, 9.17) is 0 Å². The molecule has 0 bridgehead atoms. The van der Waals surface area contributed by atoms with Crippen LogP contribution in [-0.2, 0) is 0 Å². The molecule has 1 aliphatic heterocycles. The van der Waals surface area contributed by atoms with Crippen molar-refractivity contribution in [2.75, 3.05) is 5.32 Å². The van der Waals surface area contributed by atoms with Gasteiger partial charge >= 0.3 is 0 Å². The van der Waals surface area contributed by atoms with Gasteiger partial charge in [0, 0.05) is 17.5 Å². The van der Waals surface area contributed by atoms with Crippen LogP contribution in [0.4, 0.5) is 5.69 Å². The fourth-order valence-electron chi connectivity index (χ4n) is 1.34. The van der Waals surface area contributed by atoms with Gasteiger partial charge in [-0.15, -0.1) is 0 Å². The number of allylic oxidation sites excluding steroid dienone is 4. The first-order chi connectivity index (χ1) is 6.38. The SMILES string of the molecule is C=C1/C=C\C=C/Nc2ccccc21. The lowest BCUT2D eigenvalue weighted by atomic mass is 10.0. The van der Waals surface area contributed by atoms with E-state index in [0.29, 0.717) is 0 Å². The Labute approximate surface area is 78.1 Å². The Morgan fingerprint density at radius 1 is 1.08 bits per heavy atom. The summed E-state index contributed by atoms with van der Waals surface area (Å²) in [6.45, 7) is 4.00. The molecule has 1 heterocycles. The van der Waals surface area contributed by atoms with Crippen LogP contribution in [-0.4, -0.2) is 0 Å². The Kier molecular flexibility index (Phi) is 2.01. The molecule has 0 aromatic heterocycles. The van der Waals surface area contributed by atoms with Crippen molar-refractivity contribution < 1.29 is 0 Å². The molecule has 1 aliphatic rings. The van der Waals surface area contributed by atoms with Gasteiger partial charge in [-0.1, -0.05) is 36.9 Å². The van der Waals surface area contributed by atoms with E-state index >= 15 is 0 Å². The van der Waals surface area contributed by atoms with Gasteiger partial charge in [-0.2, -0.15) is 0 Å². The van der Waals surface area contributed by atoms with Crippen molar-refractivity contribution in [3.63, 3.8) is 0 Å². The average molecular weight is 169 g/mol. The summed E-state index contributed by atoms with van der Waals surface area (Å²) in [6.07, 6.45) is 7.87. The Morgan fingerprint density at radius 3 is 2.85 bits per heavy atom. The summed E-state index contributed by atoms with van der Waals surface area (Å²) < 4.78 is 0. The predicted octanol–water partition coefficient (Wildman–Crippen LogP) is 3.20. The molecule has 0 amide bonds. The van der Waals surface area contributed by atoms with E-state index in [-0.39, 0.29) is 0 Å². The fraction of sp³-hybridized carbons (Fsp3) is 0. The summed E-state index contributed by atoms with van der Waals surface area (Å²) in [7, 11) is 0. The van der Waals surface area contributed by atoms with Crippen LogP contribution in [0.2, 0.25) is 0 Å². The number of hydrogen-bond acceptors (Lipinski definition) is 1. The Bertz CT molecular complexity index is 386. The van der Waals surface area contributed by atoms with Crippen molar-refractivity contribution in [3.05, 3.63) is 60.8 Å². The van der Waals surface area contributed by atoms with Crippen LogP contribution < -0.4 is 5.32 Å². The monoisotopic (exact) mass is 169 g/mol. The van der Waals surface area contributed by atoms with E-state index < -0.39 is 0 Å². The molecule has 64 valence electrons. The van der Waals surface area contributed by atoms with E-state index in [1.54, 1.807) is 0 Å². The van der Waals surface area contributed by atoms with Gasteiger partial charge < -0.3 is 5.32 Å². The number of fused-ring (bicyclic) bond motifs is 1. The minimum absolute atomic E-state index is 1.03. The van der Waals surface area contributed by atoms with Crippen LogP contribution >= 0.6 is 0 Å². The highest BCUT2D eigenvalue weighted by Gasteiger charge is 2.01. The van der Waals surface area contributed by atoms with E-state index in [1.165, 1.54) is 0 Å². The van der Waals surface area contributed by atoms with Crippen LogP contribution in [0.25, 0.3) is 5.57 Å². The maximum Gasteiger partial charge on any atom is 0.0459 e. The van der Waals surface area contributed by atoms with Crippen molar-refractivity contribution in [1.82, 2.24) is 0 Å². The summed E-state index contributed by atoms with van der Waals surface area (Å²) in [5, 5.41) is 3.20. The number of para-hydroxylation sites is 1. The summed E-state index contributed by atoms with van der Waals surface area (Å²) in [4.78, 5) is 0. The third-order valence-corrected chi connectivity index (χ3v) is 2.02. The molecule has 0 saturated carbocycles. The molecule has 1 nitrogen and oxygen atoms in total. The van der Waals surface area contributed by atoms with E-state index in [0.717, 1.165) is 16.8 Å². The van der Waals surface area contributed by atoms with Crippen LogP contribution in [0.15, 0.2) is 55.3 Å². The molecule has 1 aromatic carbocycles. The number of benzene rings is 1. The minimum atomic E-state index is 1.03. The number of nitrogens with one attached hydrogen (secondary N) is 1. The highest BCUT2D eigenvalue weighted by Crippen LogP contribution is 2.24. The summed E-state index contributed by atoms with van der Waals surface area (Å²) in [5.41, 5.74) is 3.30. The first kappa shape index (κ1) is 7.87. The maximum atomic E-state index is 4.00. The third-order valence-electron chi connectivity index (χ3n) is 2.02. The Morgan fingerprint density at radius 2 is 1.92 bits per heavy atom. The summed E-state index contributed by atoms with van der Waals surface area (Å²) in [6, 6.07) is 8.14. The van der Waals surface area contributed by atoms with E-state index in [9.17, 15) is 0 Å². The molecule has 1 heteroatoms. The standard InChI is InChI=1S/C12H11N/c1-10-6-4-5-9-13-12-8-3-2-7-11(10)12/h2-9,13H,1H2/b6-4-,9-5-. The van der Waals surface area contributed by atoms with E-state index in [1.807, 2.05) is 42.6 Å². The topological polar surface area (TPSA) is 12.0 Å². The van der Waals surface area contributed by atoms with Gasteiger partial charge in [0.25, 0.3) is 0 Å². The largest absolute Gasteiger partial charge is 0.361 e. The molecule has 0 fully saturated rings. The second-order valence-electron chi connectivity index (χ2n) is 2.93. The van der Waals surface area contributed by atoms with Crippen LogP contribution in [0.1, 0.15) is 5.56 Å². The quantitative estimate of drug-likeness (QED) is 0.629.